The molecule has 1 saturated carbocycles. The van der Waals surface area contributed by atoms with E-state index in [1.165, 1.54) is 22.4 Å². The average molecular weight is 487 g/mol. The van der Waals surface area contributed by atoms with E-state index >= 15 is 0 Å². The first-order valence-electron chi connectivity index (χ1n) is 10.4. The Labute approximate surface area is 190 Å². The molecule has 0 atom stereocenters. The number of thiophene rings is 1. The number of carbonyl (C=O) groups excluding carboxylic acids is 1. The van der Waals surface area contributed by atoms with E-state index < -0.39 is 0 Å². The maximum atomic E-state index is 12.3. The molecule has 1 fully saturated rings. The number of carbonyl (C=O) groups is 1. The molecular formula is C23H27BrN4OS. The number of benzene rings is 1. The first-order valence-corrected chi connectivity index (χ1v) is 12.0. The van der Waals surface area contributed by atoms with Gasteiger partial charge in [-0.3, -0.25) is 4.79 Å². The largest absolute Gasteiger partial charge is 0.377 e. The second kappa shape index (κ2) is 9.35. The minimum absolute atomic E-state index is 0.0301. The standard InChI is InChI=1S/C23H27BrN4OS/c1-28(2)19-13-22(27-18-6-4-3-5-17(18)19)26-16-9-7-15(8-10-16)14-25-23(29)20-11-12-21(24)30-20/h3-6,11-13,15-16H,7-10,14H2,1-2H3,(H,25,29)(H,26,27)/t15-,16+. The third kappa shape index (κ3) is 4.95. The van der Waals surface area contributed by atoms with E-state index in [1.54, 1.807) is 0 Å². The molecule has 1 aromatic carbocycles. The number of amides is 1. The second-order valence-corrected chi connectivity index (χ2v) is 10.6. The van der Waals surface area contributed by atoms with E-state index in [9.17, 15) is 4.79 Å². The molecule has 0 spiro atoms. The number of rotatable bonds is 6. The quantitative estimate of drug-likeness (QED) is 0.481. The highest BCUT2D eigenvalue weighted by Crippen LogP contribution is 2.30. The van der Waals surface area contributed by atoms with Gasteiger partial charge < -0.3 is 15.5 Å². The molecule has 0 radical (unpaired) electrons. The molecule has 1 aliphatic rings. The Morgan fingerprint density at radius 2 is 1.93 bits per heavy atom. The van der Waals surface area contributed by atoms with Gasteiger partial charge in [-0.15, -0.1) is 11.3 Å². The van der Waals surface area contributed by atoms with Gasteiger partial charge in [0.2, 0.25) is 0 Å². The van der Waals surface area contributed by atoms with Gasteiger partial charge in [0.05, 0.1) is 14.2 Å². The molecule has 1 aliphatic carbocycles. The summed E-state index contributed by atoms with van der Waals surface area (Å²) in [5.41, 5.74) is 2.20. The molecule has 3 aromatic rings. The van der Waals surface area contributed by atoms with Gasteiger partial charge in [0.25, 0.3) is 5.91 Å². The molecule has 5 nitrogen and oxygen atoms in total. The van der Waals surface area contributed by atoms with Crippen molar-refractivity contribution in [1.82, 2.24) is 10.3 Å². The van der Waals surface area contributed by atoms with E-state index in [0.29, 0.717) is 12.0 Å². The fourth-order valence-corrected chi connectivity index (χ4v) is 5.38. The normalized spacial score (nSPS) is 18.9. The fourth-order valence-electron chi connectivity index (χ4n) is 4.08. The van der Waals surface area contributed by atoms with Crippen LogP contribution in [-0.2, 0) is 0 Å². The molecular weight excluding hydrogens is 460 g/mol. The van der Waals surface area contributed by atoms with Crippen molar-refractivity contribution in [3.05, 3.63) is 51.1 Å². The zero-order valence-corrected chi connectivity index (χ0v) is 19.7. The SMILES string of the molecule is CN(C)c1cc(N[C@H]2CC[C@@H](CNC(=O)c3ccc(Br)s3)CC2)nc2ccccc12. The summed E-state index contributed by atoms with van der Waals surface area (Å²) in [5, 5.41) is 7.92. The summed E-state index contributed by atoms with van der Waals surface area (Å²) in [7, 11) is 4.14. The number of anilines is 2. The molecule has 2 N–H and O–H groups in total. The van der Waals surface area contributed by atoms with Gasteiger partial charge in [0, 0.05) is 43.8 Å². The number of hydrogen-bond donors (Lipinski definition) is 2. The molecule has 0 aliphatic heterocycles. The van der Waals surface area contributed by atoms with Crippen molar-refractivity contribution in [1.29, 1.82) is 0 Å². The summed E-state index contributed by atoms with van der Waals surface area (Å²) in [4.78, 5) is 20.0. The Hall–Kier alpha value is -2.12. The van der Waals surface area contributed by atoms with Crippen LogP contribution in [0, 0.1) is 5.92 Å². The Balaban J connectivity index is 1.32. The molecule has 0 bridgehead atoms. The van der Waals surface area contributed by atoms with Crippen LogP contribution in [-0.4, -0.2) is 37.6 Å². The Morgan fingerprint density at radius 1 is 1.17 bits per heavy atom. The highest BCUT2D eigenvalue weighted by molar-refractivity contribution is 9.11. The van der Waals surface area contributed by atoms with Crippen molar-refractivity contribution in [3.63, 3.8) is 0 Å². The maximum absolute atomic E-state index is 12.3. The number of nitrogens with one attached hydrogen (secondary N) is 2. The molecule has 7 heteroatoms. The van der Waals surface area contributed by atoms with Crippen molar-refractivity contribution in [2.24, 2.45) is 5.92 Å². The minimum Gasteiger partial charge on any atom is -0.377 e. The van der Waals surface area contributed by atoms with Crippen LogP contribution in [0.4, 0.5) is 11.5 Å². The number of nitrogens with zero attached hydrogens (tertiary/aromatic N) is 2. The molecule has 2 aromatic heterocycles. The smallest absolute Gasteiger partial charge is 0.261 e. The van der Waals surface area contributed by atoms with Gasteiger partial charge in [0.1, 0.15) is 5.82 Å². The molecule has 158 valence electrons. The van der Waals surface area contributed by atoms with Crippen LogP contribution in [0.15, 0.2) is 46.3 Å². The molecule has 30 heavy (non-hydrogen) atoms. The van der Waals surface area contributed by atoms with E-state index in [4.69, 9.17) is 4.98 Å². The lowest BCUT2D eigenvalue weighted by Gasteiger charge is -2.30. The fraction of sp³-hybridized carbons (Fsp3) is 0.391. The van der Waals surface area contributed by atoms with E-state index in [-0.39, 0.29) is 5.91 Å². The van der Waals surface area contributed by atoms with Gasteiger partial charge in [0.15, 0.2) is 0 Å². The van der Waals surface area contributed by atoms with Crippen LogP contribution in [0.2, 0.25) is 0 Å². The highest BCUT2D eigenvalue weighted by atomic mass is 79.9. The molecule has 0 unspecified atom stereocenters. The first kappa shape index (κ1) is 21.1. The lowest BCUT2D eigenvalue weighted by atomic mass is 9.86. The van der Waals surface area contributed by atoms with E-state index in [0.717, 1.165) is 52.2 Å². The van der Waals surface area contributed by atoms with Gasteiger partial charge in [-0.2, -0.15) is 0 Å². The maximum Gasteiger partial charge on any atom is 0.261 e. The highest BCUT2D eigenvalue weighted by Gasteiger charge is 2.22. The Kier molecular flexibility index (Phi) is 6.58. The monoisotopic (exact) mass is 486 g/mol. The number of pyridine rings is 1. The number of fused-ring (bicyclic) bond motifs is 1. The lowest BCUT2D eigenvalue weighted by Crippen LogP contribution is -2.33. The van der Waals surface area contributed by atoms with E-state index in [2.05, 4.69) is 69.8 Å². The third-order valence-corrected chi connectivity index (χ3v) is 7.35. The summed E-state index contributed by atoms with van der Waals surface area (Å²) in [5.74, 6) is 1.51. The van der Waals surface area contributed by atoms with Crippen LogP contribution in [0.1, 0.15) is 35.4 Å². The topological polar surface area (TPSA) is 57.3 Å². The zero-order chi connectivity index (χ0) is 21.1. The Bertz CT molecular complexity index is 1030. The minimum atomic E-state index is 0.0301. The predicted octanol–water partition coefficient (Wildman–Crippen LogP) is 5.53. The summed E-state index contributed by atoms with van der Waals surface area (Å²) < 4.78 is 0.985. The van der Waals surface area contributed by atoms with Crippen molar-refractivity contribution in [2.45, 2.75) is 31.7 Å². The number of halogens is 1. The molecule has 2 heterocycles. The molecule has 1 amide bonds. The number of para-hydroxylation sites is 1. The first-order chi connectivity index (χ1) is 14.5. The van der Waals surface area contributed by atoms with Crippen molar-refractivity contribution >= 4 is 55.6 Å². The van der Waals surface area contributed by atoms with Crippen LogP contribution >= 0.6 is 27.3 Å². The third-order valence-electron chi connectivity index (χ3n) is 5.72. The number of aromatic nitrogens is 1. The summed E-state index contributed by atoms with van der Waals surface area (Å²) in [6, 6.07) is 14.6. The molecule has 4 rings (SSSR count). The van der Waals surface area contributed by atoms with Crippen molar-refractivity contribution < 1.29 is 4.79 Å². The second-order valence-electron chi connectivity index (χ2n) is 8.11. The lowest BCUT2D eigenvalue weighted by molar-refractivity contribution is 0.0947. The van der Waals surface area contributed by atoms with Gasteiger partial charge >= 0.3 is 0 Å². The van der Waals surface area contributed by atoms with Crippen molar-refractivity contribution in [3.8, 4) is 0 Å². The van der Waals surface area contributed by atoms with Gasteiger partial charge in [-0.25, -0.2) is 4.98 Å². The van der Waals surface area contributed by atoms with Gasteiger partial charge in [-0.05, 0) is 65.7 Å². The molecule has 0 saturated heterocycles. The predicted molar refractivity (Wildman–Crippen MR) is 130 cm³/mol. The van der Waals surface area contributed by atoms with Crippen LogP contribution in [0.25, 0.3) is 10.9 Å². The van der Waals surface area contributed by atoms with Crippen LogP contribution in [0.3, 0.4) is 0 Å². The van der Waals surface area contributed by atoms with Gasteiger partial charge in [-0.1, -0.05) is 18.2 Å². The van der Waals surface area contributed by atoms with E-state index in [1.807, 2.05) is 18.2 Å². The zero-order valence-electron chi connectivity index (χ0n) is 17.3. The summed E-state index contributed by atoms with van der Waals surface area (Å²) in [6.45, 7) is 0.750. The van der Waals surface area contributed by atoms with Crippen LogP contribution in [0.5, 0.6) is 0 Å². The van der Waals surface area contributed by atoms with Crippen LogP contribution < -0.4 is 15.5 Å². The van der Waals surface area contributed by atoms with Crippen molar-refractivity contribution in [2.75, 3.05) is 30.9 Å². The number of hydrogen-bond acceptors (Lipinski definition) is 5. The summed E-state index contributed by atoms with van der Waals surface area (Å²) >= 11 is 4.88. The Morgan fingerprint density at radius 3 is 2.63 bits per heavy atom. The average Bonchev–Trinajstić information content (AvgIpc) is 3.19. The summed E-state index contributed by atoms with van der Waals surface area (Å²) in [6.07, 6.45) is 4.41.